The van der Waals surface area contributed by atoms with E-state index in [1.54, 1.807) is 24.3 Å². The molecule has 9 nitrogen and oxygen atoms in total. The summed E-state index contributed by atoms with van der Waals surface area (Å²) in [6, 6.07) is 10.9. The Morgan fingerprint density at radius 3 is 2.56 bits per heavy atom. The maximum Gasteiger partial charge on any atom is 0.449 e. The summed E-state index contributed by atoms with van der Waals surface area (Å²) in [5.74, 6) is -3.16. The Labute approximate surface area is 230 Å². The molecule has 0 unspecified atom stereocenters. The summed E-state index contributed by atoms with van der Waals surface area (Å²) in [4.78, 5) is 43.2. The van der Waals surface area contributed by atoms with Gasteiger partial charge >= 0.3 is 6.18 Å². The first-order valence-electron chi connectivity index (χ1n) is 13.1. The molecule has 2 amide bonds. The second-order valence-corrected chi connectivity index (χ2v) is 10.3. The molecule has 6 rings (SSSR count). The molecular formula is C28H24F4N6O3. The predicted molar refractivity (Wildman–Crippen MR) is 139 cm³/mol. The number of aromatic nitrogens is 4. The molecule has 4 aromatic rings. The number of hydrogen-bond acceptors (Lipinski definition) is 5. The van der Waals surface area contributed by atoms with Crippen molar-refractivity contribution in [3.05, 3.63) is 92.7 Å². The summed E-state index contributed by atoms with van der Waals surface area (Å²) < 4.78 is 57.0. The van der Waals surface area contributed by atoms with Crippen LogP contribution in [0.3, 0.4) is 0 Å². The number of alkyl halides is 3. The fourth-order valence-corrected chi connectivity index (χ4v) is 5.10. The number of fused-ring (bicyclic) bond motifs is 2. The molecular weight excluding hydrogens is 544 g/mol. The van der Waals surface area contributed by atoms with Gasteiger partial charge in [-0.05, 0) is 42.5 Å². The third kappa shape index (κ3) is 5.19. The van der Waals surface area contributed by atoms with Crippen molar-refractivity contribution < 1.29 is 27.2 Å². The molecule has 1 aliphatic carbocycles. The zero-order chi connectivity index (χ0) is 28.9. The lowest BCUT2D eigenvalue weighted by Gasteiger charge is -2.30. The first kappa shape index (κ1) is 26.7. The summed E-state index contributed by atoms with van der Waals surface area (Å²) in [7, 11) is 0. The van der Waals surface area contributed by atoms with Gasteiger partial charge in [0.25, 0.3) is 17.4 Å². The number of aromatic amines is 1. The van der Waals surface area contributed by atoms with Gasteiger partial charge in [-0.2, -0.15) is 18.3 Å². The molecule has 212 valence electrons. The van der Waals surface area contributed by atoms with Crippen molar-refractivity contribution in [1.29, 1.82) is 0 Å². The molecule has 2 aromatic heterocycles. The van der Waals surface area contributed by atoms with Crippen LogP contribution in [0.25, 0.3) is 10.8 Å². The number of nitrogens with one attached hydrogen (secondary N) is 2. The Balaban J connectivity index is 1.28. The number of rotatable bonds is 6. The molecule has 41 heavy (non-hydrogen) atoms. The number of benzene rings is 2. The molecule has 1 fully saturated rings. The van der Waals surface area contributed by atoms with Gasteiger partial charge in [0.05, 0.1) is 28.9 Å². The minimum absolute atomic E-state index is 0.0503. The third-order valence-corrected chi connectivity index (χ3v) is 7.42. The summed E-state index contributed by atoms with van der Waals surface area (Å²) in [5.41, 5.74) is 0.0129. The average molecular weight is 569 g/mol. The molecule has 0 radical (unpaired) electrons. The predicted octanol–water partition coefficient (Wildman–Crippen LogP) is 3.66. The SMILES string of the molecule is O=C(NCC1CC1)c1nc(C(F)(F)F)n2c1CN(C(=O)c1cc(Cc3n[nH]c(=O)c4ccccc34)ccc1F)CC2. The standard InChI is InChI=1S/C28H24F4N6O3/c29-20-8-7-16(12-21-17-3-1-2-4-18(17)24(39)36-35-21)11-19(20)26(41)37-9-10-38-22(14-37)23(34-27(38)28(30,31)32)25(40)33-13-15-5-6-15/h1-4,7-8,11,15H,5-6,9-10,12-14H2,(H,33,40)(H,36,39). The van der Waals surface area contributed by atoms with E-state index in [4.69, 9.17) is 0 Å². The highest BCUT2D eigenvalue weighted by molar-refractivity contribution is 5.96. The van der Waals surface area contributed by atoms with E-state index in [1.807, 2.05) is 0 Å². The van der Waals surface area contributed by atoms with Gasteiger partial charge in [0.2, 0.25) is 5.82 Å². The van der Waals surface area contributed by atoms with Gasteiger partial charge in [0.15, 0.2) is 5.69 Å². The van der Waals surface area contributed by atoms with Crippen LogP contribution >= 0.6 is 0 Å². The number of carbonyl (C=O) groups excluding carboxylic acids is 2. The van der Waals surface area contributed by atoms with Crippen LogP contribution < -0.4 is 10.9 Å². The van der Waals surface area contributed by atoms with Crippen molar-refractivity contribution in [1.82, 2.24) is 30.0 Å². The van der Waals surface area contributed by atoms with Crippen LogP contribution in [0.2, 0.25) is 0 Å². The molecule has 0 saturated heterocycles. The first-order valence-corrected chi connectivity index (χ1v) is 13.1. The third-order valence-electron chi connectivity index (χ3n) is 7.42. The highest BCUT2D eigenvalue weighted by Crippen LogP contribution is 2.33. The maximum absolute atomic E-state index is 14.9. The molecule has 1 saturated carbocycles. The van der Waals surface area contributed by atoms with Crippen LogP contribution in [0.15, 0.2) is 47.3 Å². The van der Waals surface area contributed by atoms with Gasteiger partial charge in [0, 0.05) is 31.4 Å². The molecule has 2 N–H and O–H groups in total. The minimum Gasteiger partial charge on any atom is -0.350 e. The van der Waals surface area contributed by atoms with Gasteiger partial charge < -0.3 is 14.8 Å². The fraction of sp³-hybridized carbons (Fsp3) is 0.321. The molecule has 0 spiro atoms. The normalized spacial score (nSPS) is 15.2. The van der Waals surface area contributed by atoms with E-state index in [1.165, 1.54) is 17.0 Å². The molecule has 2 aromatic carbocycles. The molecule has 13 heteroatoms. The highest BCUT2D eigenvalue weighted by atomic mass is 19.4. The van der Waals surface area contributed by atoms with Crippen molar-refractivity contribution in [3.8, 4) is 0 Å². The van der Waals surface area contributed by atoms with E-state index in [0.29, 0.717) is 34.5 Å². The number of hydrogen-bond donors (Lipinski definition) is 2. The van der Waals surface area contributed by atoms with Crippen LogP contribution in [-0.2, 0) is 25.7 Å². The van der Waals surface area contributed by atoms with E-state index in [9.17, 15) is 31.9 Å². The smallest absolute Gasteiger partial charge is 0.350 e. The minimum atomic E-state index is -4.80. The number of carbonyl (C=O) groups is 2. The zero-order valence-corrected chi connectivity index (χ0v) is 21.6. The Bertz CT molecular complexity index is 1740. The van der Waals surface area contributed by atoms with E-state index in [2.05, 4.69) is 20.5 Å². The maximum atomic E-state index is 14.9. The van der Waals surface area contributed by atoms with Crippen LogP contribution in [0.1, 0.15) is 56.5 Å². The van der Waals surface area contributed by atoms with Crippen LogP contribution in [-0.4, -0.2) is 49.6 Å². The molecule has 1 aliphatic heterocycles. The summed E-state index contributed by atoms with van der Waals surface area (Å²) in [5, 5.41) is 10.3. The van der Waals surface area contributed by atoms with E-state index in [0.717, 1.165) is 23.5 Å². The number of amides is 2. The number of halogens is 4. The zero-order valence-electron chi connectivity index (χ0n) is 21.6. The van der Waals surface area contributed by atoms with Crippen molar-refractivity contribution in [3.63, 3.8) is 0 Å². The monoisotopic (exact) mass is 568 g/mol. The largest absolute Gasteiger partial charge is 0.449 e. The van der Waals surface area contributed by atoms with E-state index < -0.39 is 29.6 Å². The lowest BCUT2D eigenvalue weighted by Crippen LogP contribution is -2.40. The van der Waals surface area contributed by atoms with Crippen LogP contribution in [0.5, 0.6) is 0 Å². The van der Waals surface area contributed by atoms with E-state index in [-0.39, 0.29) is 48.6 Å². The van der Waals surface area contributed by atoms with Gasteiger partial charge in [-0.15, -0.1) is 0 Å². The van der Waals surface area contributed by atoms with Gasteiger partial charge in [-0.1, -0.05) is 24.3 Å². The lowest BCUT2D eigenvalue weighted by atomic mass is 10.0. The van der Waals surface area contributed by atoms with Gasteiger partial charge in [-0.25, -0.2) is 14.5 Å². The Hall–Kier alpha value is -4.55. The van der Waals surface area contributed by atoms with Crippen molar-refractivity contribution in [2.24, 2.45) is 5.92 Å². The molecule has 0 atom stereocenters. The van der Waals surface area contributed by atoms with E-state index >= 15 is 0 Å². The topological polar surface area (TPSA) is 113 Å². The van der Waals surface area contributed by atoms with Crippen molar-refractivity contribution in [2.75, 3.05) is 13.1 Å². The summed E-state index contributed by atoms with van der Waals surface area (Å²) >= 11 is 0. The number of imidazole rings is 1. The van der Waals surface area contributed by atoms with Crippen LogP contribution in [0.4, 0.5) is 17.6 Å². The van der Waals surface area contributed by atoms with Gasteiger partial charge in [0.1, 0.15) is 5.82 Å². The van der Waals surface area contributed by atoms with Crippen molar-refractivity contribution in [2.45, 2.75) is 38.5 Å². The first-order chi connectivity index (χ1) is 19.6. The van der Waals surface area contributed by atoms with Crippen molar-refractivity contribution >= 4 is 22.6 Å². The highest BCUT2D eigenvalue weighted by Gasteiger charge is 2.42. The Kier molecular flexibility index (Phi) is 6.59. The summed E-state index contributed by atoms with van der Waals surface area (Å²) in [6.07, 6.45) is -2.73. The number of nitrogens with zero attached hydrogens (tertiary/aromatic N) is 4. The molecule has 3 heterocycles. The Morgan fingerprint density at radius 2 is 1.83 bits per heavy atom. The number of H-pyrrole nitrogens is 1. The molecule has 0 bridgehead atoms. The fourth-order valence-electron chi connectivity index (χ4n) is 5.10. The quantitative estimate of drug-likeness (QED) is 0.345. The second-order valence-electron chi connectivity index (χ2n) is 10.3. The van der Waals surface area contributed by atoms with Crippen LogP contribution in [0, 0.1) is 11.7 Å². The second kappa shape index (κ2) is 10.1. The summed E-state index contributed by atoms with van der Waals surface area (Å²) in [6.45, 7) is -0.395. The molecule has 2 aliphatic rings. The lowest BCUT2D eigenvalue weighted by molar-refractivity contribution is -0.147. The average Bonchev–Trinajstić information content (AvgIpc) is 3.70. The van der Waals surface area contributed by atoms with Gasteiger partial charge in [-0.3, -0.25) is 14.4 Å². The Morgan fingerprint density at radius 1 is 1.07 bits per heavy atom.